The summed E-state index contributed by atoms with van der Waals surface area (Å²) >= 11 is 0. The van der Waals surface area contributed by atoms with Crippen molar-refractivity contribution in [3.05, 3.63) is 0 Å². The molecule has 0 spiro atoms. The van der Waals surface area contributed by atoms with Crippen LogP contribution in [0, 0.1) is 29.1 Å². The van der Waals surface area contributed by atoms with Gasteiger partial charge in [-0.2, -0.15) is 5.26 Å². The second kappa shape index (κ2) is 5.40. The van der Waals surface area contributed by atoms with Crippen molar-refractivity contribution < 1.29 is 0 Å². The first-order valence-corrected chi connectivity index (χ1v) is 7.31. The molecule has 0 bridgehead atoms. The van der Waals surface area contributed by atoms with Crippen LogP contribution in [0.1, 0.15) is 52.9 Å². The standard InChI is InChI=1S/C15H26N2/c1-4-13-5-6-14(9-16)15(8-13)17-10-11(2)7-12(17)3/h11-15H,4-8,10H2,1-3H3. The molecule has 1 aliphatic heterocycles. The molecule has 0 radical (unpaired) electrons. The Kier molecular flexibility index (Phi) is 4.09. The highest BCUT2D eigenvalue weighted by molar-refractivity contribution is 5.00. The molecule has 2 aliphatic rings. The Hall–Kier alpha value is -0.550. The molecule has 1 heterocycles. The Morgan fingerprint density at radius 3 is 2.53 bits per heavy atom. The van der Waals surface area contributed by atoms with Crippen molar-refractivity contribution in [1.29, 1.82) is 5.26 Å². The predicted molar refractivity (Wildman–Crippen MR) is 70.5 cm³/mol. The van der Waals surface area contributed by atoms with Gasteiger partial charge in [0.1, 0.15) is 0 Å². The van der Waals surface area contributed by atoms with E-state index in [1.54, 1.807) is 0 Å². The quantitative estimate of drug-likeness (QED) is 0.732. The Labute approximate surface area is 106 Å². The summed E-state index contributed by atoms with van der Waals surface area (Å²) in [6.45, 7) is 8.19. The average Bonchev–Trinajstić information content (AvgIpc) is 2.67. The van der Waals surface area contributed by atoms with Gasteiger partial charge >= 0.3 is 0 Å². The van der Waals surface area contributed by atoms with Gasteiger partial charge in [-0.3, -0.25) is 4.90 Å². The second-order valence-electron chi connectivity index (χ2n) is 6.28. The molecule has 0 aromatic heterocycles. The number of nitriles is 1. The van der Waals surface area contributed by atoms with Crippen molar-refractivity contribution in [2.24, 2.45) is 17.8 Å². The van der Waals surface area contributed by atoms with Crippen molar-refractivity contribution in [3.8, 4) is 6.07 Å². The number of hydrogen-bond acceptors (Lipinski definition) is 2. The first-order chi connectivity index (χ1) is 8.15. The van der Waals surface area contributed by atoms with Gasteiger partial charge in [0.05, 0.1) is 12.0 Å². The smallest absolute Gasteiger partial charge is 0.0672 e. The zero-order valence-electron chi connectivity index (χ0n) is 11.5. The Bertz CT molecular complexity index is 294. The fraction of sp³-hybridized carbons (Fsp3) is 0.933. The van der Waals surface area contributed by atoms with E-state index in [1.807, 2.05) is 0 Å². The molecule has 0 aromatic carbocycles. The first kappa shape index (κ1) is 12.9. The van der Waals surface area contributed by atoms with Gasteiger partial charge < -0.3 is 0 Å². The van der Waals surface area contributed by atoms with Gasteiger partial charge in [0.2, 0.25) is 0 Å². The fourth-order valence-corrected chi connectivity index (χ4v) is 3.91. The van der Waals surface area contributed by atoms with Gasteiger partial charge in [-0.25, -0.2) is 0 Å². The number of nitrogens with zero attached hydrogens (tertiary/aromatic N) is 2. The minimum absolute atomic E-state index is 0.283. The van der Waals surface area contributed by atoms with E-state index in [0.29, 0.717) is 12.1 Å². The highest BCUT2D eigenvalue weighted by atomic mass is 15.2. The van der Waals surface area contributed by atoms with E-state index in [-0.39, 0.29) is 5.92 Å². The molecule has 1 saturated heterocycles. The van der Waals surface area contributed by atoms with Gasteiger partial charge in [0, 0.05) is 18.6 Å². The topological polar surface area (TPSA) is 27.0 Å². The van der Waals surface area contributed by atoms with Crippen molar-refractivity contribution in [2.75, 3.05) is 6.54 Å². The van der Waals surface area contributed by atoms with Crippen molar-refractivity contribution in [2.45, 2.75) is 65.0 Å². The normalized spacial score (nSPS) is 43.5. The summed E-state index contributed by atoms with van der Waals surface area (Å²) < 4.78 is 0. The summed E-state index contributed by atoms with van der Waals surface area (Å²) in [7, 11) is 0. The second-order valence-corrected chi connectivity index (χ2v) is 6.28. The molecule has 5 atom stereocenters. The van der Waals surface area contributed by atoms with E-state index in [4.69, 9.17) is 0 Å². The molecular formula is C15H26N2. The minimum Gasteiger partial charge on any atom is -0.296 e. The molecule has 0 aromatic rings. The third-order valence-corrected chi connectivity index (χ3v) is 4.93. The number of likely N-dealkylation sites (tertiary alicyclic amines) is 1. The van der Waals surface area contributed by atoms with E-state index in [1.165, 1.54) is 32.2 Å². The van der Waals surface area contributed by atoms with Crippen LogP contribution in [0.2, 0.25) is 0 Å². The average molecular weight is 234 g/mol. The van der Waals surface area contributed by atoms with Crippen LogP contribution < -0.4 is 0 Å². The van der Waals surface area contributed by atoms with E-state index in [0.717, 1.165) is 18.3 Å². The summed E-state index contributed by atoms with van der Waals surface area (Å²) in [4.78, 5) is 2.64. The Morgan fingerprint density at radius 1 is 1.24 bits per heavy atom. The van der Waals surface area contributed by atoms with Crippen LogP contribution in [0.4, 0.5) is 0 Å². The highest BCUT2D eigenvalue weighted by Gasteiger charge is 2.39. The van der Waals surface area contributed by atoms with Crippen LogP contribution in [0.25, 0.3) is 0 Å². The van der Waals surface area contributed by atoms with E-state index >= 15 is 0 Å². The molecule has 2 rings (SSSR count). The molecule has 2 fully saturated rings. The summed E-state index contributed by atoms with van der Waals surface area (Å²) in [5, 5.41) is 9.36. The predicted octanol–water partition coefficient (Wildman–Crippen LogP) is 3.44. The lowest BCUT2D eigenvalue weighted by Crippen LogP contribution is -2.45. The van der Waals surface area contributed by atoms with Gasteiger partial charge in [-0.05, 0) is 44.4 Å². The summed E-state index contributed by atoms with van der Waals surface area (Å²) in [6, 6.07) is 3.79. The minimum atomic E-state index is 0.283. The molecule has 0 amide bonds. The zero-order chi connectivity index (χ0) is 12.4. The van der Waals surface area contributed by atoms with Crippen molar-refractivity contribution in [1.82, 2.24) is 4.90 Å². The molecule has 96 valence electrons. The van der Waals surface area contributed by atoms with Crippen LogP contribution in [0.5, 0.6) is 0 Å². The van der Waals surface area contributed by atoms with Crippen molar-refractivity contribution in [3.63, 3.8) is 0 Å². The first-order valence-electron chi connectivity index (χ1n) is 7.31. The van der Waals surface area contributed by atoms with E-state index in [9.17, 15) is 5.26 Å². The molecule has 5 unspecified atom stereocenters. The molecule has 1 aliphatic carbocycles. The number of hydrogen-bond donors (Lipinski definition) is 0. The molecule has 2 nitrogen and oxygen atoms in total. The van der Waals surface area contributed by atoms with Gasteiger partial charge in [0.25, 0.3) is 0 Å². The number of rotatable bonds is 2. The van der Waals surface area contributed by atoms with Crippen LogP contribution in [0.3, 0.4) is 0 Å². The monoisotopic (exact) mass is 234 g/mol. The maximum atomic E-state index is 9.36. The highest BCUT2D eigenvalue weighted by Crippen LogP contribution is 2.37. The lowest BCUT2D eigenvalue weighted by molar-refractivity contribution is 0.0926. The lowest BCUT2D eigenvalue weighted by atomic mass is 9.77. The van der Waals surface area contributed by atoms with Crippen LogP contribution in [-0.2, 0) is 0 Å². The molecule has 1 saturated carbocycles. The fourth-order valence-electron chi connectivity index (χ4n) is 3.91. The molecule has 17 heavy (non-hydrogen) atoms. The van der Waals surface area contributed by atoms with E-state index in [2.05, 4.69) is 31.7 Å². The maximum absolute atomic E-state index is 9.36. The van der Waals surface area contributed by atoms with Gasteiger partial charge in [-0.15, -0.1) is 0 Å². The summed E-state index contributed by atoms with van der Waals surface area (Å²) in [5.41, 5.74) is 0. The van der Waals surface area contributed by atoms with Crippen LogP contribution >= 0.6 is 0 Å². The van der Waals surface area contributed by atoms with Crippen LogP contribution in [-0.4, -0.2) is 23.5 Å². The maximum Gasteiger partial charge on any atom is 0.0672 e. The Morgan fingerprint density at radius 2 is 2.00 bits per heavy atom. The molecule has 0 N–H and O–H groups in total. The third-order valence-electron chi connectivity index (χ3n) is 4.93. The Balaban J connectivity index is 2.07. The van der Waals surface area contributed by atoms with Gasteiger partial charge in [0.15, 0.2) is 0 Å². The largest absolute Gasteiger partial charge is 0.296 e. The van der Waals surface area contributed by atoms with E-state index < -0.39 is 0 Å². The van der Waals surface area contributed by atoms with Gasteiger partial charge in [-0.1, -0.05) is 20.3 Å². The third kappa shape index (κ3) is 2.65. The molecular weight excluding hydrogens is 208 g/mol. The summed E-state index contributed by atoms with van der Waals surface area (Å²) in [6.07, 6.45) is 6.24. The lowest BCUT2D eigenvalue weighted by Gasteiger charge is -2.40. The SMILES string of the molecule is CCC1CCC(C#N)C(N2CC(C)CC2C)C1. The van der Waals surface area contributed by atoms with Crippen molar-refractivity contribution >= 4 is 0 Å². The molecule has 2 heteroatoms. The summed E-state index contributed by atoms with van der Waals surface area (Å²) in [5.74, 6) is 1.95. The zero-order valence-corrected chi connectivity index (χ0v) is 11.5. The van der Waals surface area contributed by atoms with Crippen LogP contribution in [0.15, 0.2) is 0 Å².